The van der Waals surface area contributed by atoms with E-state index in [1.807, 2.05) is 37.1 Å². The van der Waals surface area contributed by atoms with E-state index < -0.39 is 5.54 Å². The maximum atomic E-state index is 9.55. The molecular formula is C15H25NO2. The van der Waals surface area contributed by atoms with Crippen molar-refractivity contribution in [2.75, 3.05) is 13.7 Å². The summed E-state index contributed by atoms with van der Waals surface area (Å²) >= 11 is 0. The molecule has 1 aromatic carbocycles. The van der Waals surface area contributed by atoms with Crippen molar-refractivity contribution in [3.8, 4) is 0 Å². The third-order valence-electron chi connectivity index (χ3n) is 3.21. The summed E-state index contributed by atoms with van der Waals surface area (Å²) in [6.07, 6.45) is 0. The minimum Gasteiger partial charge on any atom is -0.394 e. The van der Waals surface area contributed by atoms with E-state index in [0.717, 1.165) is 0 Å². The average Bonchev–Trinajstić information content (AvgIpc) is 2.36. The number of hydroxylamine groups is 2. The van der Waals surface area contributed by atoms with E-state index in [9.17, 15) is 5.11 Å². The first kappa shape index (κ1) is 15.2. The van der Waals surface area contributed by atoms with Crippen LogP contribution < -0.4 is 0 Å². The molecule has 0 fully saturated rings. The van der Waals surface area contributed by atoms with Crippen LogP contribution >= 0.6 is 0 Å². The first-order valence-corrected chi connectivity index (χ1v) is 6.43. The normalized spacial score (nSPS) is 14.2. The number of benzene rings is 1. The highest BCUT2D eigenvalue weighted by Crippen LogP contribution is 2.33. The van der Waals surface area contributed by atoms with Crippen LogP contribution in [0.5, 0.6) is 0 Å². The first-order valence-electron chi connectivity index (χ1n) is 6.43. The van der Waals surface area contributed by atoms with Crippen molar-refractivity contribution >= 4 is 0 Å². The zero-order chi connectivity index (χ0) is 13.8. The Morgan fingerprint density at radius 2 is 1.78 bits per heavy atom. The largest absolute Gasteiger partial charge is 0.394 e. The fourth-order valence-corrected chi connectivity index (χ4v) is 2.25. The lowest BCUT2D eigenvalue weighted by molar-refractivity contribution is -0.238. The molecule has 3 nitrogen and oxygen atoms in total. The van der Waals surface area contributed by atoms with Crippen molar-refractivity contribution in [2.45, 2.75) is 39.3 Å². The van der Waals surface area contributed by atoms with Gasteiger partial charge in [0, 0.05) is 0 Å². The zero-order valence-electron chi connectivity index (χ0n) is 12.1. The molecule has 0 saturated carbocycles. The highest BCUT2D eigenvalue weighted by molar-refractivity contribution is 5.19. The molecule has 1 unspecified atom stereocenters. The van der Waals surface area contributed by atoms with Gasteiger partial charge < -0.3 is 9.94 Å². The molecule has 102 valence electrons. The fraction of sp³-hybridized carbons (Fsp3) is 0.600. The van der Waals surface area contributed by atoms with Crippen LogP contribution in [-0.4, -0.2) is 29.4 Å². The fourth-order valence-electron chi connectivity index (χ4n) is 2.25. The van der Waals surface area contributed by atoms with Gasteiger partial charge in [-0.15, -0.1) is 0 Å². The van der Waals surface area contributed by atoms with Gasteiger partial charge in [0.15, 0.2) is 0 Å². The second-order valence-corrected chi connectivity index (χ2v) is 5.58. The lowest BCUT2D eigenvalue weighted by atomic mass is 9.92. The standard InChI is InChI=1S/C15H25NO2/c1-12(2)14(13-9-7-6-8-10-13)16(18-5)15(3,4)11-17/h6-10,12,14,17H,11H2,1-5H3. The first-order chi connectivity index (χ1) is 8.44. The second kappa shape index (κ2) is 6.32. The number of aliphatic hydroxyl groups excluding tert-OH is 1. The second-order valence-electron chi connectivity index (χ2n) is 5.58. The van der Waals surface area contributed by atoms with E-state index in [2.05, 4.69) is 26.0 Å². The Balaban J connectivity index is 3.12. The van der Waals surface area contributed by atoms with Crippen LogP contribution in [0.3, 0.4) is 0 Å². The molecule has 0 aliphatic heterocycles. The monoisotopic (exact) mass is 251 g/mol. The number of hydrogen-bond acceptors (Lipinski definition) is 3. The van der Waals surface area contributed by atoms with E-state index >= 15 is 0 Å². The third kappa shape index (κ3) is 3.31. The third-order valence-corrected chi connectivity index (χ3v) is 3.21. The number of aliphatic hydroxyl groups is 1. The smallest absolute Gasteiger partial charge is 0.0643 e. The van der Waals surface area contributed by atoms with Crippen LogP contribution in [0.2, 0.25) is 0 Å². The molecular weight excluding hydrogens is 226 g/mol. The van der Waals surface area contributed by atoms with E-state index in [0.29, 0.717) is 5.92 Å². The Kier molecular flexibility index (Phi) is 5.32. The van der Waals surface area contributed by atoms with Crippen molar-refractivity contribution in [3.05, 3.63) is 35.9 Å². The highest BCUT2D eigenvalue weighted by atomic mass is 16.7. The zero-order valence-corrected chi connectivity index (χ0v) is 12.1. The molecule has 1 aromatic rings. The van der Waals surface area contributed by atoms with Crippen LogP contribution in [-0.2, 0) is 4.84 Å². The quantitative estimate of drug-likeness (QED) is 0.789. The van der Waals surface area contributed by atoms with Gasteiger partial charge in [-0.1, -0.05) is 44.2 Å². The van der Waals surface area contributed by atoms with Crippen molar-refractivity contribution in [2.24, 2.45) is 5.92 Å². The number of nitrogens with zero attached hydrogens (tertiary/aromatic N) is 1. The molecule has 0 aliphatic carbocycles. The van der Waals surface area contributed by atoms with E-state index in [4.69, 9.17) is 4.84 Å². The van der Waals surface area contributed by atoms with Crippen molar-refractivity contribution in [3.63, 3.8) is 0 Å². The van der Waals surface area contributed by atoms with E-state index in [1.165, 1.54) is 5.56 Å². The van der Waals surface area contributed by atoms with Crippen LogP contribution in [0.4, 0.5) is 0 Å². The van der Waals surface area contributed by atoms with Gasteiger partial charge in [-0.2, -0.15) is 5.06 Å². The molecule has 0 aliphatic rings. The number of hydrogen-bond donors (Lipinski definition) is 1. The van der Waals surface area contributed by atoms with Crippen LogP contribution in [0.1, 0.15) is 39.3 Å². The molecule has 3 heteroatoms. The maximum absolute atomic E-state index is 9.55. The van der Waals surface area contributed by atoms with Gasteiger partial charge in [0.05, 0.1) is 25.3 Å². The maximum Gasteiger partial charge on any atom is 0.0643 e. The summed E-state index contributed by atoms with van der Waals surface area (Å²) in [5, 5.41) is 11.4. The molecule has 0 radical (unpaired) electrons. The Labute approximate surface area is 110 Å². The summed E-state index contributed by atoms with van der Waals surface area (Å²) in [5.41, 5.74) is 0.787. The van der Waals surface area contributed by atoms with E-state index in [-0.39, 0.29) is 12.6 Å². The van der Waals surface area contributed by atoms with Gasteiger partial charge >= 0.3 is 0 Å². The highest BCUT2D eigenvalue weighted by Gasteiger charge is 2.35. The van der Waals surface area contributed by atoms with Gasteiger partial charge in [-0.25, -0.2) is 0 Å². The lowest BCUT2D eigenvalue weighted by Gasteiger charge is -2.42. The molecule has 1 N–H and O–H groups in total. The van der Waals surface area contributed by atoms with Gasteiger partial charge in [0.2, 0.25) is 0 Å². The molecule has 0 amide bonds. The summed E-state index contributed by atoms with van der Waals surface area (Å²) in [6.45, 7) is 8.34. The summed E-state index contributed by atoms with van der Waals surface area (Å²) in [4.78, 5) is 5.56. The van der Waals surface area contributed by atoms with Crippen molar-refractivity contribution in [1.29, 1.82) is 0 Å². The summed E-state index contributed by atoms with van der Waals surface area (Å²) in [5.74, 6) is 0.387. The minimum absolute atomic E-state index is 0.0525. The molecule has 0 heterocycles. The van der Waals surface area contributed by atoms with Crippen LogP contribution in [0, 0.1) is 5.92 Å². The molecule has 0 aromatic heterocycles. The van der Waals surface area contributed by atoms with E-state index in [1.54, 1.807) is 7.11 Å². The van der Waals surface area contributed by atoms with Crippen molar-refractivity contribution < 1.29 is 9.94 Å². The number of rotatable bonds is 6. The molecule has 1 atom stereocenters. The topological polar surface area (TPSA) is 32.7 Å². The van der Waals surface area contributed by atoms with Gasteiger partial charge in [0.1, 0.15) is 0 Å². The van der Waals surface area contributed by atoms with Crippen LogP contribution in [0.15, 0.2) is 30.3 Å². The molecule has 0 spiro atoms. The molecule has 0 saturated heterocycles. The van der Waals surface area contributed by atoms with Gasteiger partial charge in [0.25, 0.3) is 0 Å². The summed E-state index contributed by atoms with van der Waals surface area (Å²) in [6, 6.07) is 10.4. The molecule has 0 bridgehead atoms. The van der Waals surface area contributed by atoms with Gasteiger partial charge in [-0.05, 0) is 25.3 Å². The lowest BCUT2D eigenvalue weighted by Crippen LogP contribution is -2.49. The molecule has 18 heavy (non-hydrogen) atoms. The Bertz CT molecular complexity index is 349. The van der Waals surface area contributed by atoms with Crippen molar-refractivity contribution in [1.82, 2.24) is 5.06 Å². The summed E-state index contributed by atoms with van der Waals surface area (Å²) in [7, 11) is 1.66. The summed E-state index contributed by atoms with van der Waals surface area (Å²) < 4.78 is 0. The predicted molar refractivity (Wildman–Crippen MR) is 74.0 cm³/mol. The molecule has 1 rings (SSSR count). The predicted octanol–water partition coefficient (Wildman–Crippen LogP) is 3.02. The minimum atomic E-state index is -0.417. The Morgan fingerprint density at radius 1 is 1.22 bits per heavy atom. The van der Waals surface area contributed by atoms with Gasteiger partial charge in [-0.3, -0.25) is 0 Å². The SMILES string of the molecule is CON(C(c1ccccc1)C(C)C)C(C)(C)CO. The Hall–Kier alpha value is -0.900. The average molecular weight is 251 g/mol. The van der Waals surface area contributed by atoms with Crippen LogP contribution in [0.25, 0.3) is 0 Å². The Morgan fingerprint density at radius 3 is 2.17 bits per heavy atom.